The average Bonchev–Trinajstić information content (AvgIpc) is 3.17. The third-order valence-electron chi connectivity index (χ3n) is 5.28. The monoisotopic (exact) mass is 398 g/mol. The molecule has 0 aliphatic heterocycles. The highest BCUT2D eigenvalue weighted by Gasteiger charge is 2.36. The molecule has 1 heterocycles. The molecule has 3 aromatic carbocycles. The first-order valence-corrected chi connectivity index (χ1v) is 9.69. The molecule has 0 radical (unpaired) electrons. The fourth-order valence-electron chi connectivity index (χ4n) is 3.82. The first kappa shape index (κ1) is 19.5. The van der Waals surface area contributed by atoms with Crippen molar-refractivity contribution < 1.29 is 4.92 Å². The van der Waals surface area contributed by atoms with E-state index in [0.717, 1.165) is 16.7 Å². The Morgan fingerprint density at radius 2 is 1.30 bits per heavy atom. The van der Waals surface area contributed by atoms with Gasteiger partial charge in [-0.1, -0.05) is 91.0 Å². The molecule has 0 aliphatic carbocycles. The van der Waals surface area contributed by atoms with E-state index in [1.165, 1.54) is 6.20 Å². The summed E-state index contributed by atoms with van der Waals surface area (Å²) in [6, 6.07) is 30.6. The van der Waals surface area contributed by atoms with Crippen LogP contribution in [-0.2, 0) is 19.1 Å². The van der Waals surface area contributed by atoms with Gasteiger partial charge in [-0.05, 0) is 26.6 Å². The van der Waals surface area contributed by atoms with E-state index in [1.54, 1.807) is 11.6 Å². The third kappa shape index (κ3) is 3.60. The molecule has 0 spiro atoms. The number of hydrogen-bond donors (Lipinski definition) is 1. The molecule has 150 valence electrons. The maximum Gasteiger partial charge on any atom is 0.381 e. The Bertz CT molecular complexity index is 1030. The van der Waals surface area contributed by atoms with Crippen molar-refractivity contribution in [3.63, 3.8) is 0 Å². The summed E-state index contributed by atoms with van der Waals surface area (Å²) in [5.74, 6) is 0.438. The first-order chi connectivity index (χ1) is 14.6. The Hall–Kier alpha value is -3.77. The fourth-order valence-corrected chi connectivity index (χ4v) is 3.82. The van der Waals surface area contributed by atoms with Gasteiger partial charge in [-0.25, -0.2) is 0 Å². The lowest BCUT2D eigenvalue weighted by Crippen LogP contribution is -2.44. The van der Waals surface area contributed by atoms with Crippen molar-refractivity contribution in [1.82, 2.24) is 14.9 Å². The Balaban J connectivity index is 1.86. The van der Waals surface area contributed by atoms with Crippen LogP contribution in [0.1, 0.15) is 22.5 Å². The van der Waals surface area contributed by atoms with Gasteiger partial charge in [0.25, 0.3) is 0 Å². The zero-order chi connectivity index (χ0) is 21.0. The molecule has 0 fully saturated rings. The van der Waals surface area contributed by atoms with Crippen LogP contribution >= 0.6 is 0 Å². The number of aryl methyl sites for hydroxylation is 1. The molecule has 0 bridgehead atoms. The summed E-state index contributed by atoms with van der Waals surface area (Å²) >= 11 is 0. The van der Waals surface area contributed by atoms with Gasteiger partial charge in [0.2, 0.25) is 5.82 Å². The lowest BCUT2D eigenvalue weighted by atomic mass is 9.77. The van der Waals surface area contributed by atoms with Crippen LogP contribution in [0.2, 0.25) is 0 Å². The maximum absolute atomic E-state index is 11.1. The molecule has 6 heteroatoms. The van der Waals surface area contributed by atoms with Crippen molar-refractivity contribution >= 4 is 5.82 Å². The number of nitrogens with one attached hydrogen (secondary N) is 1. The van der Waals surface area contributed by atoms with Gasteiger partial charge in [0.15, 0.2) is 0 Å². The molecule has 6 nitrogen and oxygen atoms in total. The minimum absolute atomic E-state index is 0.154. The van der Waals surface area contributed by atoms with Gasteiger partial charge in [0, 0.05) is 7.05 Å². The van der Waals surface area contributed by atoms with Gasteiger partial charge in [-0.2, -0.15) is 0 Å². The van der Waals surface area contributed by atoms with Crippen molar-refractivity contribution in [2.75, 3.05) is 0 Å². The van der Waals surface area contributed by atoms with Gasteiger partial charge in [-0.3, -0.25) is 5.32 Å². The van der Waals surface area contributed by atoms with Crippen molar-refractivity contribution in [2.24, 2.45) is 7.05 Å². The Kier molecular flexibility index (Phi) is 5.41. The first-order valence-electron chi connectivity index (χ1n) is 9.69. The van der Waals surface area contributed by atoms with E-state index >= 15 is 0 Å². The summed E-state index contributed by atoms with van der Waals surface area (Å²) in [5.41, 5.74) is 2.58. The van der Waals surface area contributed by atoms with Crippen LogP contribution in [-0.4, -0.2) is 14.5 Å². The van der Waals surface area contributed by atoms with E-state index in [0.29, 0.717) is 12.4 Å². The van der Waals surface area contributed by atoms with Crippen LogP contribution in [0.15, 0.2) is 97.2 Å². The molecule has 30 heavy (non-hydrogen) atoms. The van der Waals surface area contributed by atoms with E-state index < -0.39 is 10.5 Å². The second kappa shape index (κ2) is 8.31. The third-order valence-corrected chi connectivity index (χ3v) is 5.28. The van der Waals surface area contributed by atoms with Gasteiger partial charge in [-0.15, -0.1) is 0 Å². The van der Waals surface area contributed by atoms with Crippen molar-refractivity contribution in [3.05, 3.63) is 130 Å². The standard InChI is InChI=1S/C24H22N4O2/c1-27-18-23(28(29)30)26-22(27)17-25-24(19-11-5-2-6-12-19,20-13-7-3-8-14-20)21-15-9-4-10-16-21/h2-16,18,25H,17H2,1H3. The number of benzene rings is 3. The summed E-state index contributed by atoms with van der Waals surface area (Å²) in [5, 5.41) is 14.8. The fraction of sp³-hybridized carbons (Fsp3) is 0.125. The van der Waals surface area contributed by atoms with E-state index in [-0.39, 0.29) is 5.82 Å². The van der Waals surface area contributed by atoms with Crippen molar-refractivity contribution in [1.29, 1.82) is 0 Å². The summed E-state index contributed by atoms with van der Waals surface area (Å²) in [6.45, 7) is 0.350. The molecule has 0 unspecified atom stereocenters. The number of imidazole rings is 1. The number of hydrogen-bond acceptors (Lipinski definition) is 4. The summed E-state index contributed by atoms with van der Waals surface area (Å²) in [6.07, 6.45) is 1.44. The molecule has 4 rings (SSSR count). The topological polar surface area (TPSA) is 73.0 Å². The minimum atomic E-state index is -0.648. The molecular formula is C24H22N4O2. The smallest absolute Gasteiger partial charge is 0.358 e. The highest BCUT2D eigenvalue weighted by Crippen LogP contribution is 2.37. The summed E-state index contributed by atoms with van der Waals surface area (Å²) < 4.78 is 1.69. The number of nitro groups is 1. The molecule has 0 amide bonds. The van der Waals surface area contributed by atoms with E-state index in [1.807, 2.05) is 54.6 Å². The van der Waals surface area contributed by atoms with Gasteiger partial charge in [0.05, 0.1) is 12.1 Å². The minimum Gasteiger partial charge on any atom is -0.358 e. The van der Waals surface area contributed by atoms with Crippen LogP contribution < -0.4 is 5.32 Å². The maximum atomic E-state index is 11.1. The SMILES string of the molecule is Cn1cc([N+](=O)[O-])nc1CNC(c1ccccc1)(c1ccccc1)c1ccccc1. The zero-order valence-electron chi connectivity index (χ0n) is 16.6. The predicted octanol–water partition coefficient (Wildman–Crippen LogP) is 4.41. The number of aromatic nitrogens is 2. The highest BCUT2D eigenvalue weighted by molar-refractivity contribution is 5.49. The largest absolute Gasteiger partial charge is 0.381 e. The lowest BCUT2D eigenvalue weighted by Gasteiger charge is -2.36. The van der Waals surface area contributed by atoms with E-state index in [2.05, 4.69) is 46.7 Å². The molecule has 4 aromatic rings. The van der Waals surface area contributed by atoms with Crippen LogP contribution in [0, 0.1) is 10.1 Å². The molecule has 0 atom stereocenters. The summed E-state index contributed by atoms with van der Waals surface area (Å²) in [7, 11) is 1.77. The molecular weight excluding hydrogens is 376 g/mol. The lowest BCUT2D eigenvalue weighted by molar-refractivity contribution is -0.389. The quantitative estimate of drug-likeness (QED) is 0.284. The summed E-state index contributed by atoms with van der Waals surface area (Å²) in [4.78, 5) is 14.9. The molecule has 0 saturated carbocycles. The Morgan fingerprint density at radius 1 is 0.867 bits per heavy atom. The van der Waals surface area contributed by atoms with Gasteiger partial charge in [0.1, 0.15) is 6.20 Å². The molecule has 0 aliphatic rings. The second-order valence-corrected chi connectivity index (χ2v) is 7.08. The Morgan fingerprint density at radius 3 is 1.67 bits per heavy atom. The van der Waals surface area contributed by atoms with Crippen molar-refractivity contribution in [2.45, 2.75) is 12.1 Å². The van der Waals surface area contributed by atoms with Gasteiger partial charge >= 0.3 is 5.82 Å². The van der Waals surface area contributed by atoms with E-state index in [9.17, 15) is 10.1 Å². The van der Waals surface area contributed by atoms with Crippen LogP contribution in [0.5, 0.6) is 0 Å². The second-order valence-electron chi connectivity index (χ2n) is 7.08. The number of nitrogens with zero attached hydrogens (tertiary/aromatic N) is 3. The van der Waals surface area contributed by atoms with E-state index in [4.69, 9.17) is 0 Å². The van der Waals surface area contributed by atoms with Crippen molar-refractivity contribution in [3.8, 4) is 0 Å². The predicted molar refractivity (Wildman–Crippen MR) is 116 cm³/mol. The molecule has 0 saturated heterocycles. The highest BCUT2D eigenvalue weighted by atomic mass is 16.6. The number of rotatable bonds is 7. The Labute approximate surface area is 175 Å². The van der Waals surface area contributed by atoms with Crippen LogP contribution in [0.25, 0.3) is 0 Å². The van der Waals surface area contributed by atoms with Crippen LogP contribution in [0.3, 0.4) is 0 Å². The average molecular weight is 398 g/mol. The normalized spacial score (nSPS) is 11.4. The molecule has 1 N–H and O–H groups in total. The van der Waals surface area contributed by atoms with Gasteiger partial charge < -0.3 is 14.7 Å². The van der Waals surface area contributed by atoms with Crippen LogP contribution in [0.4, 0.5) is 5.82 Å². The molecule has 1 aromatic heterocycles. The zero-order valence-corrected chi connectivity index (χ0v) is 16.6.